The quantitative estimate of drug-likeness (QED) is 0.790. The standard InChI is InChI=1S/C11H17N3/c1-9(10-7-12-5-6-13-10)14-8-11(2)3-4-11/h5-7,9,14H,3-4,8H2,1-2H3. The minimum Gasteiger partial charge on any atom is -0.308 e. The highest BCUT2D eigenvalue weighted by molar-refractivity contribution is 5.01. The van der Waals surface area contributed by atoms with E-state index in [-0.39, 0.29) is 0 Å². The van der Waals surface area contributed by atoms with Crippen LogP contribution < -0.4 is 5.32 Å². The van der Waals surface area contributed by atoms with Gasteiger partial charge >= 0.3 is 0 Å². The molecule has 0 aliphatic heterocycles. The van der Waals surface area contributed by atoms with Crippen LogP contribution in [-0.4, -0.2) is 16.5 Å². The topological polar surface area (TPSA) is 37.8 Å². The van der Waals surface area contributed by atoms with Crippen molar-refractivity contribution in [1.82, 2.24) is 15.3 Å². The largest absolute Gasteiger partial charge is 0.308 e. The Hall–Kier alpha value is -0.960. The van der Waals surface area contributed by atoms with Gasteiger partial charge in [0.1, 0.15) is 0 Å². The van der Waals surface area contributed by atoms with Crippen LogP contribution in [0, 0.1) is 5.41 Å². The molecule has 1 aromatic heterocycles. The molecular weight excluding hydrogens is 174 g/mol. The first-order valence-corrected chi connectivity index (χ1v) is 5.19. The fourth-order valence-electron chi connectivity index (χ4n) is 1.43. The number of rotatable bonds is 4. The van der Waals surface area contributed by atoms with E-state index >= 15 is 0 Å². The SMILES string of the molecule is CC(NCC1(C)CC1)c1cnccn1. The summed E-state index contributed by atoms with van der Waals surface area (Å²) in [4.78, 5) is 8.34. The van der Waals surface area contributed by atoms with Crippen LogP contribution in [0.3, 0.4) is 0 Å². The van der Waals surface area contributed by atoms with Crippen molar-refractivity contribution in [2.24, 2.45) is 5.41 Å². The smallest absolute Gasteiger partial charge is 0.0753 e. The maximum absolute atomic E-state index is 4.27. The third kappa shape index (κ3) is 2.29. The van der Waals surface area contributed by atoms with E-state index in [0.29, 0.717) is 11.5 Å². The van der Waals surface area contributed by atoms with Crippen molar-refractivity contribution in [1.29, 1.82) is 0 Å². The van der Waals surface area contributed by atoms with E-state index in [0.717, 1.165) is 12.2 Å². The number of aromatic nitrogens is 2. The molecule has 0 bridgehead atoms. The molecule has 1 aromatic rings. The van der Waals surface area contributed by atoms with E-state index < -0.39 is 0 Å². The second-order valence-corrected chi connectivity index (χ2v) is 4.54. The van der Waals surface area contributed by atoms with Gasteiger partial charge in [-0.05, 0) is 25.2 Å². The molecule has 1 aliphatic rings. The zero-order chi connectivity index (χ0) is 10.0. The van der Waals surface area contributed by atoms with Crippen molar-refractivity contribution < 1.29 is 0 Å². The molecule has 3 heteroatoms. The minimum absolute atomic E-state index is 0.307. The lowest BCUT2D eigenvalue weighted by Crippen LogP contribution is -2.25. The molecule has 76 valence electrons. The van der Waals surface area contributed by atoms with Crippen LogP contribution in [0.5, 0.6) is 0 Å². The highest BCUT2D eigenvalue weighted by Gasteiger charge is 2.36. The molecule has 1 N–H and O–H groups in total. The third-order valence-electron chi connectivity index (χ3n) is 2.97. The van der Waals surface area contributed by atoms with Gasteiger partial charge < -0.3 is 5.32 Å². The average Bonchev–Trinajstić information content (AvgIpc) is 2.95. The molecule has 1 atom stereocenters. The van der Waals surface area contributed by atoms with Gasteiger partial charge in [0.25, 0.3) is 0 Å². The van der Waals surface area contributed by atoms with Crippen molar-refractivity contribution in [3.05, 3.63) is 24.3 Å². The fourth-order valence-corrected chi connectivity index (χ4v) is 1.43. The number of hydrogen-bond donors (Lipinski definition) is 1. The summed E-state index contributed by atoms with van der Waals surface area (Å²) in [5.41, 5.74) is 1.58. The van der Waals surface area contributed by atoms with Crippen LogP contribution in [0.1, 0.15) is 38.4 Å². The van der Waals surface area contributed by atoms with Crippen LogP contribution in [0.4, 0.5) is 0 Å². The van der Waals surface area contributed by atoms with Crippen LogP contribution in [0.2, 0.25) is 0 Å². The second-order valence-electron chi connectivity index (χ2n) is 4.54. The fraction of sp³-hybridized carbons (Fsp3) is 0.636. The average molecular weight is 191 g/mol. The Morgan fingerprint density at radius 3 is 2.86 bits per heavy atom. The monoisotopic (exact) mass is 191 g/mol. The molecule has 0 spiro atoms. The second kappa shape index (κ2) is 3.65. The summed E-state index contributed by atoms with van der Waals surface area (Å²) in [5.74, 6) is 0. The Morgan fingerprint density at radius 1 is 1.50 bits per heavy atom. The predicted octanol–water partition coefficient (Wildman–Crippen LogP) is 1.93. The lowest BCUT2D eigenvalue weighted by Gasteiger charge is -2.15. The Bertz CT molecular complexity index is 293. The molecule has 0 aromatic carbocycles. The Balaban J connectivity index is 1.86. The van der Waals surface area contributed by atoms with Crippen molar-refractivity contribution in [3.8, 4) is 0 Å². The third-order valence-corrected chi connectivity index (χ3v) is 2.97. The van der Waals surface area contributed by atoms with Gasteiger partial charge in [-0.15, -0.1) is 0 Å². The van der Waals surface area contributed by atoms with Gasteiger partial charge in [0, 0.05) is 31.2 Å². The maximum atomic E-state index is 4.27. The Kier molecular flexibility index (Phi) is 2.50. The number of nitrogens with zero attached hydrogens (tertiary/aromatic N) is 2. The summed E-state index contributed by atoms with van der Waals surface area (Å²) < 4.78 is 0. The lowest BCUT2D eigenvalue weighted by molar-refractivity contribution is 0.452. The van der Waals surface area contributed by atoms with Crippen LogP contribution in [0.25, 0.3) is 0 Å². The van der Waals surface area contributed by atoms with E-state index in [2.05, 4.69) is 29.1 Å². The normalized spacial score (nSPS) is 20.4. The number of hydrogen-bond acceptors (Lipinski definition) is 3. The first-order chi connectivity index (χ1) is 6.70. The molecule has 1 fully saturated rings. The summed E-state index contributed by atoms with van der Waals surface area (Å²) in [6.07, 6.45) is 7.98. The van der Waals surface area contributed by atoms with E-state index in [9.17, 15) is 0 Å². The molecule has 1 heterocycles. The Labute approximate surface area is 85.0 Å². The van der Waals surface area contributed by atoms with Crippen molar-refractivity contribution in [2.75, 3.05) is 6.54 Å². The van der Waals surface area contributed by atoms with Gasteiger partial charge in [-0.25, -0.2) is 0 Å². The van der Waals surface area contributed by atoms with Crippen molar-refractivity contribution in [3.63, 3.8) is 0 Å². The van der Waals surface area contributed by atoms with E-state index in [1.165, 1.54) is 12.8 Å². The van der Waals surface area contributed by atoms with E-state index in [1.54, 1.807) is 12.4 Å². The molecule has 1 aliphatic carbocycles. The first kappa shape index (κ1) is 9.59. The van der Waals surface area contributed by atoms with E-state index in [4.69, 9.17) is 0 Å². The van der Waals surface area contributed by atoms with Gasteiger partial charge in [0.15, 0.2) is 0 Å². The summed E-state index contributed by atoms with van der Waals surface area (Å²) in [6.45, 7) is 5.55. The molecular formula is C11H17N3. The van der Waals surface area contributed by atoms with Crippen molar-refractivity contribution in [2.45, 2.75) is 32.7 Å². The first-order valence-electron chi connectivity index (χ1n) is 5.19. The zero-order valence-electron chi connectivity index (χ0n) is 8.83. The predicted molar refractivity (Wildman–Crippen MR) is 55.8 cm³/mol. The molecule has 1 unspecified atom stereocenters. The number of nitrogens with one attached hydrogen (secondary N) is 1. The van der Waals surface area contributed by atoms with Crippen LogP contribution >= 0.6 is 0 Å². The summed E-state index contributed by atoms with van der Waals surface area (Å²) >= 11 is 0. The minimum atomic E-state index is 0.307. The lowest BCUT2D eigenvalue weighted by atomic mass is 10.1. The molecule has 1 saturated carbocycles. The Morgan fingerprint density at radius 2 is 2.29 bits per heavy atom. The van der Waals surface area contributed by atoms with Crippen LogP contribution in [-0.2, 0) is 0 Å². The zero-order valence-corrected chi connectivity index (χ0v) is 8.83. The molecule has 0 radical (unpaired) electrons. The molecule has 3 nitrogen and oxygen atoms in total. The summed E-state index contributed by atoms with van der Waals surface area (Å²) in [5, 5.41) is 3.50. The van der Waals surface area contributed by atoms with Crippen molar-refractivity contribution >= 4 is 0 Å². The highest BCUT2D eigenvalue weighted by atomic mass is 15.0. The van der Waals surface area contributed by atoms with E-state index in [1.807, 2.05) is 6.20 Å². The van der Waals surface area contributed by atoms with Crippen LogP contribution in [0.15, 0.2) is 18.6 Å². The molecule has 0 saturated heterocycles. The molecule has 2 rings (SSSR count). The van der Waals surface area contributed by atoms with Gasteiger partial charge in [-0.2, -0.15) is 0 Å². The highest BCUT2D eigenvalue weighted by Crippen LogP contribution is 2.44. The summed E-state index contributed by atoms with van der Waals surface area (Å²) in [7, 11) is 0. The summed E-state index contributed by atoms with van der Waals surface area (Å²) in [6, 6.07) is 0.307. The molecule has 14 heavy (non-hydrogen) atoms. The molecule has 0 amide bonds. The van der Waals surface area contributed by atoms with Gasteiger partial charge in [0.05, 0.1) is 5.69 Å². The maximum Gasteiger partial charge on any atom is 0.0753 e. The van der Waals surface area contributed by atoms with Gasteiger partial charge in [-0.3, -0.25) is 9.97 Å². The van der Waals surface area contributed by atoms with Gasteiger partial charge in [-0.1, -0.05) is 6.92 Å². The van der Waals surface area contributed by atoms with Gasteiger partial charge in [0.2, 0.25) is 0 Å².